The van der Waals surface area contributed by atoms with E-state index in [1.165, 1.54) is 0 Å². The average molecular weight is 246 g/mol. The molecule has 0 bridgehead atoms. The number of amides is 1. The van der Waals surface area contributed by atoms with Crippen LogP contribution in [-0.2, 0) is 4.79 Å². The van der Waals surface area contributed by atoms with Crippen LogP contribution in [0.15, 0.2) is 30.3 Å². The Bertz CT molecular complexity index is 414. The van der Waals surface area contributed by atoms with Gasteiger partial charge < -0.3 is 10.6 Å². The summed E-state index contributed by atoms with van der Waals surface area (Å²) in [6, 6.07) is 9.64. The van der Waals surface area contributed by atoms with Crippen molar-refractivity contribution in [3.05, 3.63) is 35.9 Å². The molecule has 0 aromatic heterocycles. The molecule has 1 saturated heterocycles. The summed E-state index contributed by atoms with van der Waals surface area (Å²) >= 11 is 0. The standard InChI is InChI=1S/C15H22N2O/c1-15(2)8-9-17(11-15)14(18)10-13(16)12-6-4-3-5-7-12/h3-7,13H,8-11,16H2,1-2H3. The third kappa shape index (κ3) is 3.10. The van der Waals surface area contributed by atoms with Crippen LogP contribution in [0.1, 0.15) is 38.3 Å². The second-order valence-corrected chi connectivity index (χ2v) is 5.95. The second kappa shape index (κ2) is 5.11. The van der Waals surface area contributed by atoms with Gasteiger partial charge in [-0.15, -0.1) is 0 Å². The third-order valence-corrected chi connectivity index (χ3v) is 3.65. The van der Waals surface area contributed by atoms with E-state index in [0.717, 1.165) is 25.1 Å². The van der Waals surface area contributed by atoms with E-state index in [1.807, 2.05) is 35.2 Å². The highest BCUT2D eigenvalue weighted by Crippen LogP contribution is 2.29. The lowest BCUT2D eigenvalue weighted by Crippen LogP contribution is -2.32. The fourth-order valence-electron chi connectivity index (χ4n) is 2.46. The molecule has 3 heteroatoms. The van der Waals surface area contributed by atoms with Crippen molar-refractivity contribution in [3.63, 3.8) is 0 Å². The van der Waals surface area contributed by atoms with Gasteiger partial charge in [0.15, 0.2) is 0 Å². The Morgan fingerprint density at radius 1 is 1.39 bits per heavy atom. The predicted octanol–water partition coefficient (Wildman–Crippen LogP) is 2.34. The van der Waals surface area contributed by atoms with Gasteiger partial charge in [0.25, 0.3) is 0 Å². The fraction of sp³-hybridized carbons (Fsp3) is 0.533. The molecule has 1 aliphatic heterocycles. The van der Waals surface area contributed by atoms with E-state index < -0.39 is 0 Å². The van der Waals surface area contributed by atoms with Crippen LogP contribution in [0.5, 0.6) is 0 Å². The minimum atomic E-state index is -0.192. The quantitative estimate of drug-likeness (QED) is 0.889. The number of carbonyl (C=O) groups excluding carboxylic acids is 1. The zero-order chi connectivity index (χ0) is 13.2. The molecule has 0 spiro atoms. The van der Waals surface area contributed by atoms with Gasteiger partial charge in [-0.3, -0.25) is 4.79 Å². The summed E-state index contributed by atoms with van der Waals surface area (Å²) in [6.45, 7) is 6.13. The third-order valence-electron chi connectivity index (χ3n) is 3.65. The average Bonchev–Trinajstić information content (AvgIpc) is 2.71. The molecule has 2 N–H and O–H groups in total. The Labute approximate surface area is 109 Å². The minimum absolute atomic E-state index is 0.178. The summed E-state index contributed by atoms with van der Waals surface area (Å²) in [5, 5.41) is 0. The Morgan fingerprint density at radius 3 is 2.61 bits per heavy atom. The first kappa shape index (κ1) is 13.1. The van der Waals surface area contributed by atoms with Gasteiger partial charge in [-0.1, -0.05) is 44.2 Å². The number of hydrogen-bond acceptors (Lipinski definition) is 2. The molecule has 0 aliphatic carbocycles. The molecule has 3 nitrogen and oxygen atoms in total. The smallest absolute Gasteiger partial charge is 0.224 e. The number of likely N-dealkylation sites (tertiary alicyclic amines) is 1. The zero-order valence-corrected chi connectivity index (χ0v) is 11.2. The van der Waals surface area contributed by atoms with Crippen LogP contribution in [0.3, 0.4) is 0 Å². The highest BCUT2D eigenvalue weighted by molar-refractivity contribution is 5.77. The van der Waals surface area contributed by atoms with Gasteiger partial charge in [-0.2, -0.15) is 0 Å². The van der Waals surface area contributed by atoms with E-state index in [-0.39, 0.29) is 17.4 Å². The van der Waals surface area contributed by atoms with Crippen molar-refractivity contribution >= 4 is 5.91 Å². The van der Waals surface area contributed by atoms with E-state index >= 15 is 0 Å². The first-order valence-corrected chi connectivity index (χ1v) is 6.56. The second-order valence-electron chi connectivity index (χ2n) is 5.95. The molecule has 1 atom stereocenters. The fourth-order valence-corrected chi connectivity index (χ4v) is 2.46. The molecule has 1 aromatic carbocycles. The van der Waals surface area contributed by atoms with E-state index in [4.69, 9.17) is 5.73 Å². The van der Waals surface area contributed by atoms with Crippen molar-refractivity contribution in [1.82, 2.24) is 4.90 Å². The van der Waals surface area contributed by atoms with Gasteiger partial charge in [-0.05, 0) is 17.4 Å². The molecule has 0 saturated carbocycles. The summed E-state index contributed by atoms with van der Waals surface area (Å²) in [5.74, 6) is 0.178. The molecular formula is C15H22N2O. The van der Waals surface area contributed by atoms with Crippen LogP contribution >= 0.6 is 0 Å². The lowest BCUT2D eigenvalue weighted by Gasteiger charge is -2.21. The Hall–Kier alpha value is -1.35. The number of nitrogens with zero attached hydrogens (tertiary/aromatic N) is 1. The molecule has 0 radical (unpaired) electrons. The highest BCUT2D eigenvalue weighted by atomic mass is 16.2. The zero-order valence-electron chi connectivity index (χ0n) is 11.2. The largest absolute Gasteiger partial charge is 0.342 e. The number of benzene rings is 1. The van der Waals surface area contributed by atoms with Crippen molar-refractivity contribution in [2.24, 2.45) is 11.1 Å². The maximum absolute atomic E-state index is 12.2. The summed E-state index contributed by atoms with van der Waals surface area (Å²) in [5.41, 5.74) is 7.37. The summed E-state index contributed by atoms with van der Waals surface area (Å²) in [4.78, 5) is 14.1. The van der Waals surface area contributed by atoms with Crippen LogP contribution in [0, 0.1) is 5.41 Å². The van der Waals surface area contributed by atoms with Crippen molar-refractivity contribution in [3.8, 4) is 0 Å². The van der Waals surface area contributed by atoms with Gasteiger partial charge in [-0.25, -0.2) is 0 Å². The monoisotopic (exact) mass is 246 g/mol. The topological polar surface area (TPSA) is 46.3 Å². The lowest BCUT2D eigenvalue weighted by atomic mass is 9.93. The molecule has 1 aliphatic rings. The summed E-state index contributed by atoms with van der Waals surface area (Å²) in [7, 11) is 0. The maximum atomic E-state index is 12.2. The number of carbonyl (C=O) groups is 1. The first-order valence-electron chi connectivity index (χ1n) is 6.56. The number of hydrogen-bond donors (Lipinski definition) is 1. The van der Waals surface area contributed by atoms with Gasteiger partial charge >= 0.3 is 0 Å². The summed E-state index contributed by atoms with van der Waals surface area (Å²) in [6.07, 6.45) is 1.49. The molecule has 1 amide bonds. The van der Waals surface area contributed by atoms with Crippen LogP contribution in [0.4, 0.5) is 0 Å². The van der Waals surface area contributed by atoms with Crippen LogP contribution < -0.4 is 5.73 Å². The van der Waals surface area contributed by atoms with Crippen molar-refractivity contribution in [2.45, 2.75) is 32.7 Å². The molecule has 1 fully saturated rings. The van der Waals surface area contributed by atoms with Crippen molar-refractivity contribution in [2.75, 3.05) is 13.1 Å². The Morgan fingerprint density at radius 2 is 2.06 bits per heavy atom. The molecule has 1 unspecified atom stereocenters. The van der Waals surface area contributed by atoms with Crippen molar-refractivity contribution < 1.29 is 4.79 Å². The maximum Gasteiger partial charge on any atom is 0.224 e. The molecule has 98 valence electrons. The normalized spacial score (nSPS) is 19.8. The first-order chi connectivity index (χ1) is 8.48. The SMILES string of the molecule is CC1(C)CCN(C(=O)CC(N)c2ccccc2)C1. The van der Waals surface area contributed by atoms with Gasteiger partial charge in [0.05, 0.1) is 0 Å². The number of rotatable bonds is 3. The van der Waals surface area contributed by atoms with Gasteiger partial charge in [0.1, 0.15) is 0 Å². The predicted molar refractivity (Wildman–Crippen MR) is 73.0 cm³/mol. The van der Waals surface area contributed by atoms with Crippen LogP contribution in [0.25, 0.3) is 0 Å². The molecule has 1 heterocycles. The molecular weight excluding hydrogens is 224 g/mol. The molecule has 1 aromatic rings. The van der Waals surface area contributed by atoms with E-state index in [1.54, 1.807) is 0 Å². The van der Waals surface area contributed by atoms with Crippen LogP contribution in [-0.4, -0.2) is 23.9 Å². The molecule has 2 rings (SSSR count). The number of nitrogens with two attached hydrogens (primary N) is 1. The van der Waals surface area contributed by atoms with Crippen LogP contribution in [0.2, 0.25) is 0 Å². The van der Waals surface area contributed by atoms with Gasteiger partial charge in [0, 0.05) is 25.6 Å². The van der Waals surface area contributed by atoms with Crippen molar-refractivity contribution in [1.29, 1.82) is 0 Å². The van der Waals surface area contributed by atoms with E-state index in [9.17, 15) is 4.79 Å². The highest BCUT2D eigenvalue weighted by Gasteiger charge is 2.32. The minimum Gasteiger partial charge on any atom is -0.342 e. The Kier molecular flexibility index (Phi) is 3.71. The van der Waals surface area contributed by atoms with E-state index in [2.05, 4.69) is 13.8 Å². The van der Waals surface area contributed by atoms with E-state index in [0.29, 0.717) is 6.42 Å². The van der Waals surface area contributed by atoms with Gasteiger partial charge in [0.2, 0.25) is 5.91 Å². The molecule has 18 heavy (non-hydrogen) atoms. The lowest BCUT2D eigenvalue weighted by molar-refractivity contribution is -0.130. The summed E-state index contributed by atoms with van der Waals surface area (Å²) < 4.78 is 0. The Balaban J connectivity index is 1.92.